The number of halogens is 1. The van der Waals surface area contributed by atoms with Gasteiger partial charge in [0.25, 0.3) is 0 Å². The molecule has 3 heterocycles. The molecule has 0 N–H and O–H groups in total. The van der Waals surface area contributed by atoms with Crippen LogP contribution in [0.25, 0.3) is 5.57 Å². The summed E-state index contributed by atoms with van der Waals surface area (Å²) in [5.41, 5.74) is 6.27. The zero-order valence-electron chi connectivity index (χ0n) is 18.1. The van der Waals surface area contributed by atoms with Gasteiger partial charge in [0, 0.05) is 42.0 Å². The summed E-state index contributed by atoms with van der Waals surface area (Å²) in [4.78, 5) is 7.15. The molecule has 1 aromatic heterocycles. The number of aromatic nitrogens is 1. The highest BCUT2D eigenvalue weighted by Crippen LogP contribution is 2.40. The lowest BCUT2D eigenvalue weighted by Crippen LogP contribution is -2.32. The lowest BCUT2D eigenvalue weighted by Gasteiger charge is -2.30. The molecule has 1 fully saturated rings. The van der Waals surface area contributed by atoms with Crippen LogP contribution < -0.4 is 9.47 Å². The summed E-state index contributed by atoms with van der Waals surface area (Å²) in [5.74, 6) is 1.83. The van der Waals surface area contributed by atoms with Crippen molar-refractivity contribution in [3.63, 3.8) is 0 Å². The maximum absolute atomic E-state index is 6.10. The number of ether oxygens (including phenoxy) is 2. The quantitative estimate of drug-likeness (QED) is 0.450. The van der Waals surface area contributed by atoms with Gasteiger partial charge in [-0.15, -0.1) is 0 Å². The van der Waals surface area contributed by atoms with Gasteiger partial charge in [-0.2, -0.15) is 0 Å². The van der Waals surface area contributed by atoms with Gasteiger partial charge in [-0.3, -0.25) is 4.98 Å². The average molecular weight is 447 g/mol. The fraction of sp³-hybridized carbons (Fsp3) is 0.296. The fourth-order valence-electron chi connectivity index (χ4n) is 4.56. The predicted octanol–water partition coefficient (Wildman–Crippen LogP) is 5.99. The van der Waals surface area contributed by atoms with E-state index in [9.17, 15) is 0 Å². The fourth-order valence-corrected chi connectivity index (χ4v) is 4.68. The van der Waals surface area contributed by atoms with Gasteiger partial charge >= 0.3 is 0 Å². The van der Waals surface area contributed by atoms with Crippen LogP contribution in [0.15, 0.2) is 72.4 Å². The topological polar surface area (TPSA) is 34.6 Å². The Bertz CT molecular complexity index is 1050. The summed E-state index contributed by atoms with van der Waals surface area (Å²) >= 11 is 5.93. The van der Waals surface area contributed by atoms with Crippen LogP contribution in [0.3, 0.4) is 0 Å². The molecule has 164 valence electrons. The number of hydrogen-bond acceptors (Lipinski definition) is 4. The molecule has 0 aliphatic carbocycles. The summed E-state index contributed by atoms with van der Waals surface area (Å²) in [7, 11) is 0. The molecule has 2 aliphatic heterocycles. The van der Waals surface area contributed by atoms with Gasteiger partial charge in [-0.25, -0.2) is 0 Å². The standard InChI is InChI=1S/C27H27ClN2O2/c28-21-8-10-22(11-9-21)31-18-4-15-30-16-12-20(13-17-30)27-23-6-3-14-29-25(23)19-32-26-7-2-1-5-24(26)27/h1-3,5-11,14H,4,12-13,15-19H2. The predicted molar refractivity (Wildman–Crippen MR) is 128 cm³/mol. The Morgan fingerprint density at radius 1 is 0.938 bits per heavy atom. The Labute approximate surface area is 194 Å². The van der Waals surface area contributed by atoms with Crippen LogP contribution in [0.2, 0.25) is 5.02 Å². The Morgan fingerprint density at radius 3 is 2.56 bits per heavy atom. The number of piperidine rings is 1. The van der Waals surface area contributed by atoms with Crippen molar-refractivity contribution in [2.24, 2.45) is 0 Å². The second-order valence-corrected chi connectivity index (χ2v) is 8.70. The van der Waals surface area contributed by atoms with Crippen LogP contribution in [-0.2, 0) is 6.61 Å². The molecule has 0 spiro atoms. The average Bonchev–Trinajstić information content (AvgIpc) is 3.00. The SMILES string of the molecule is Clc1ccc(OCCCN2CCC(=C3c4ccccc4OCc4ncccc43)CC2)cc1. The highest BCUT2D eigenvalue weighted by Gasteiger charge is 2.25. The number of fused-ring (bicyclic) bond motifs is 2. The van der Waals surface area contributed by atoms with Crippen molar-refractivity contribution in [3.8, 4) is 11.5 Å². The summed E-state index contributed by atoms with van der Waals surface area (Å²) in [5, 5.41) is 0.733. The third-order valence-corrected chi connectivity index (χ3v) is 6.45. The van der Waals surface area contributed by atoms with E-state index in [0.29, 0.717) is 6.61 Å². The second-order valence-electron chi connectivity index (χ2n) is 8.26. The molecule has 2 aliphatic rings. The summed E-state index contributed by atoms with van der Waals surface area (Å²) in [6.07, 6.45) is 5.00. The van der Waals surface area contributed by atoms with Gasteiger partial charge in [-0.05, 0) is 61.2 Å². The minimum absolute atomic E-state index is 0.518. The van der Waals surface area contributed by atoms with Gasteiger partial charge in [-0.1, -0.05) is 41.4 Å². The smallest absolute Gasteiger partial charge is 0.131 e. The highest BCUT2D eigenvalue weighted by molar-refractivity contribution is 6.30. The molecule has 4 nitrogen and oxygen atoms in total. The van der Waals surface area contributed by atoms with Gasteiger partial charge < -0.3 is 14.4 Å². The maximum atomic E-state index is 6.10. The van der Waals surface area contributed by atoms with Crippen molar-refractivity contribution in [2.75, 3.05) is 26.2 Å². The monoisotopic (exact) mass is 446 g/mol. The molecule has 0 atom stereocenters. The van der Waals surface area contributed by atoms with Gasteiger partial charge in [0.15, 0.2) is 0 Å². The Kier molecular flexibility index (Phi) is 6.42. The number of pyridine rings is 1. The van der Waals surface area contributed by atoms with Crippen molar-refractivity contribution in [2.45, 2.75) is 25.9 Å². The zero-order chi connectivity index (χ0) is 21.8. The van der Waals surface area contributed by atoms with E-state index in [4.69, 9.17) is 21.1 Å². The molecule has 5 heteroatoms. The first-order valence-electron chi connectivity index (χ1n) is 11.3. The van der Waals surface area contributed by atoms with Crippen LogP contribution in [0, 0.1) is 0 Å². The van der Waals surface area contributed by atoms with Gasteiger partial charge in [0.05, 0.1) is 12.3 Å². The second kappa shape index (κ2) is 9.76. The van der Waals surface area contributed by atoms with Crippen LogP contribution in [0.5, 0.6) is 11.5 Å². The zero-order valence-corrected chi connectivity index (χ0v) is 18.9. The molecule has 0 amide bonds. The number of hydrogen-bond donors (Lipinski definition) is 0. The number of para-hydroxylation sites is 1. The normalized spacial score (nSPS) is 16.0. The molecule has 2 aromatic carbocycles. The molecular weight excluding hydrogens is 420 g/mol. The largest absolute Gasteiger partial charge is 0.494 e. The molecular formula is C27H27ClN2O2. The lowest BCUT2D eigenvalue weighted by molar-refractivity contribution is 0.223. The van der Waals surface area contributed by atoms with Crippen molar-refractivity contribution in [1.29, 1.82) is 0 Å². The Hall–Kier alpha value is -2.82. The molecule has 0 radical (unpaired) electrons. The lowest BCUT2D eigenvalue weighted by atomic mass is 9.87. The Morgan fingerprint density at radius 2 is 1.72 bits per heavy atom. The third kappa shape index (κ3) is 4.67. The summed E-state index contributed by atoms with van der Waals surface area (Å²) in [6, 6.07) is 20.2. The number of likely N-dealkylation sites (tertiary alicyclic amines) is 1. The van der Waals surface area contributed by atoms with Gasteiger partial charge in [0.1, 0.15) is 18.1 Å². The van der Waals surface area contributed by atoms with E-state index < -0.39 is 0 Å². The molecule has 5 rings (SSSR count). The molecule has 0 bridgehead atoms. The third-order valence-electron chi connectivity index (χ3n) is 6.19. The number of nitrogens with zero attached hydrogens (tertiary/aromatic N) is 2. The van der Waals surface area contributed by atoms with Gasteiger partial charge in [0.2, 0.25) is 0 Å². The van der Waals surface area contributed by atoms with E-state index >= 15 is 0 Å². The van der Waals surface area contributed by atoms with E-state index in [1.807, 2.05) is 42.6 Å². The summed E-state index contributed by atoms with van der Waals surface area (Å²) in [6.45, 7) is 4.42. The van der Waals surface area contributed by atoms with E-state index in [-0.39, 0.29) is 0 Å². The van der Waals surface area contributed by atoms with Crippen molar-refractivity contribution in [1.82, 2.24) is 9.88 Å². The number of benzene rings is 2. The number of rotatable bonds is 5. The molecule has 0 saturated carbocycles. The van der Waals surface area contributed by atoms with Crippen molar-refractivity contribution in [3.05, 3.63) is 94.3 Å². The van der Waals surface area contributed by atoms with E-state index in [0.717, 1.165) is 67.7 Å². The molecule has 1 saturated heterocycles. The first-order valence-corrected chi connectivity index (χ1v) is 11.6. The van der Waals surface area contributed by atoms with Crippen LogP contribution in [0.4, 0.5) is 0 Å². The van der Waals surface area contributed by atoms with E-state index in [1.165, 1.54) is 22.3 Å². The molecule has 3 aromatic rings. The van der Waals surface area contributed by atoms with E-state index in [2.05, 4.69) is 34.1 Å². The molecule has 32 heavy (non-hydrogen) atoms. The van der Waals surface area contributed by atoms with Crippen LogP contribution in [0.1, 0.15) is 36.1 Å². The minimum Gasteiger partial charge on any atom is -0.494 e. The highest BCUT2D eigenvalue weighted by atomic mass is 35.5. The van der Waals surface area contributed by atoms with E-state index in [1.54, 1.807) is 0 Å². The van der Waals surface area contributed by atoms with Crippen molar-refractivity contribution >= 4 is 17.2 Å². The first kappa shape index (κ1) is 21.0. The minimum atomic E-state index is 0.518. The maximum Gasteiger partial charge on any atom is 0.131 e. The Balaban J connectivity index is 1.25. The summed E-state index contributed by atoms with van der Waals surface area (Å²) < 4.78 is 11.9. The molecule has 0 unspecified atom stereocenters. The van der Waals surface area contributed by atoms with Crippen LogP contribution in [-0.4, -0.2) is 36.1 Å². The van der Waals surface area contributed by atoms with Crippen molar-refractivity contribution < 1.29 is 9.47 Å². The first-order chi connectivity index (χ1) is 15.8. The van der Waals surface area contributed by atoms with Crippen LogP contribution >= 0.6 is 11.6 Å².